The van der Waals surface area contributed by atoms with E-state index in [0.717, 1.165) is 25.0 Å². The van der Waals surface area contributed by atoms with Crippen molar-refractivity contribution in [3.05, 3.63) is 107 Å². The number of nitrogens with two attached hydrogens (primary N) is 5. The van der Waals surface area contributed by atoms with Crippen LogP contribution in [0.25, 0.3) is 0 Å². The number of carbonyl (C=O) groups is 2. The minimum absolute atomic E-state index is 0.0779. The summed E-state index contributed by atoms with van der Waals surface area (Å²) >= 11 is 2.95. The van der Waals surface area contributed by atoms with Gasteiger partial charge in [-0.2, -0.15) is 0 Å². The molecular formula is C43H56F2N8O8S2. The highest BCUT2D eigenvalue weighted by atomic mass is 32.2. The van der Waals surface area contributed by atoms with Crippen molar-refractivity contribution in [1.82, 2.24) is 0 Å². The number of hydrogen-bond donors (Lipinski definition) is 8. The van der Waals surface area contributed by atoms with Crippen LogP contribution in [0.5, 0.6) is 11.5 Å². The minimum atomic E-state index is -1.05. The smallest absolute Gasteiger partial charge is 0.337 e. The fraction of sp³-hybridized carbons (Fsp3) is 0.349. The van der Waals surface area contributed by atoms with Crippen molar-refractivity contribution in [2.24, 2.45) is 21.5 Å². The Morgan fingerprint density at radius 3 is 1.59 bits per heavy atom. The Bertz CT molecular complexity index is 2240. The van der Waals surface area contributed by atoms with Crippen LogP contribution in [0.4, 0.5) is 31.5 Å². The number of aliphatic hydroxyl groups is 1. The monoisotopic (exact) mass is 914 g/mol. The van der Waals surface area contributed by atoms with Crippen molar-refractivity contribution in [1.29, 1.82) is 0 Å². The van der Waals surface area contributed by atoms with E-state index >= 15 is 0 Å². The number of aliphatic hydroxyl groups excluding tert-OH is 1. The summed E-state index contributed by atoms with van der Waals surface area (Å²) in [5, 5.41) is 19.4. The van der Waals surface area contributed by atoms with Crippen molar-refractivity contribution >= 4 is 68.5 Å². The van der Waals surface area contributed by atoms with Gasteiger partial charge in [0, 0.05) is 78.8 Å². The van der Waals surface area contributed by atoms with Gasteiger partial charge in [0.2, 0.25) is 0 Å². The van der Waals surface area contributed by atoms with Gasteiger partial charge in [0.05, 0.1) is 35.4 Å². The maximum atomic E-state index is 14.6. The van der Waals surface area contributed by atoms with Crippen LogP contribution in [0, 0.1) is 11.6 Å². The van der Waals surface area contributed by atoms with Gasteiger partial charge < -0.3 is 63.1 Å². The van der Waals surface area contributed by atoms with E-state index in [1.54, 1.807) is 56.7 Å². The number of nitrogens with zero attached hydrogens (tertiary/aromatic N) is 2. The molecule has 1 amide bonds. The molecule has 16 nitrogen and oxygen atoms in total. The number of hydrogen-bond acceptors (Lipinski definition) is 16. The van der Waals surface area contributed by atoms with Gasteiger partial charge in [0.1, 0.15) is 36.3 Å². The second-order valence-electron chi connectivity index (χ2n) is 14.0. The molecule has 2 aliphatic rings. The molecule has 0 aliphatic carbocycles. The lowest BCUT2D eigenvalue weighted by molar-refractivity contribution is 0.0697. The molecule has 0 bridgehead atoms. The van der Waals surface area contributed by atoms with Crippen LogP contribution >= 0.6 is 23.5 Å². The predicted octanol–water partition coefficient (Wildman–Crippen LogP) is 6.03. The number of benzene rings is 4. The summed E-state index contributed by atoms with van der Waals surface area (Å²) in [4.78, 5) is 32.2. The minimum Gasteiger partial charge on any atom is -0.491 e. The number of methoxy groups -OCH3 is 2. The molecule has 0 unspecified atom stereocenters. The summed E-state index contributed by atoms with van der Waals surface area (Å²) in [6.07, 6.45) is 1.41. The van der Waals surface area contributed by atoms with Gasteiger partial charge in [-0.15, -0.1) is 0 Å². The number of rotatable bonds is 13. The van der Waals surface area contributed by atoms with Crippen LogP contribution in [-0.4, -0.2) is 91.7 Å². The van der Waals surface area contributed by atoms with Crippen LogP contribution in [0.15, 0.2) is 82.8 Å². The van der Waals surface area contributed by atoms with E-state index in [9.17, 15) is 18.4 Å². The molecular weight excluding hydrogens is 859 g/mol. The van der Waals surface area contributed by atoms with E-state index in [2.05, 4.69) is 15.3 Å². The molecule has 0 radical (unpaired) electrons. The van der Waals surface area contributed by atoms with E-state index in [4.69, 9.17) is 57.8 Å². The first-order chi connectivity index (χ1) is 30.0. The molecule has 0 saturated heterocycles. The van der Waals surface area contributed by atoms with E-state index in [1.807, 2.05) is 13.8 Å². The second-order valence-corrected chi connectivity index (χ2v) is 16.2. The number of ether oxygens (including phenoxy) is 4. The Morgan fingerprint density at radius 2 is 1.14 bits per heavy atom. The number of amides is 1. The Kier molecular flexibility index (Phi) is 20.2. The number of nitrogen functional groups attached to an aromatic ring is 3. The van der Waals surface area contributed by atoms with Crippen LogP contribution in [-0.2, 0) is 20.6 Å². The van der Waals surface area contributed by atoms with Gasteiger partial charge in [0.25, 0.3) is 5.91 Å². The summed E-state index contributed by atoms with van der Waals surface area (Å²) in [6, 6.07) is 18.3. The zero-order chi connectivity index (χ0) is 46.7. The molecule has 2 aliphatic heterocycles. The van der Waals surface area contributed by atoms with E-state index < -0.39 is 28.8 Å². The molecule has 342 valence electrons. The first-order valence-corrected chi connectivity index (χ1v) is 21.3. The third-order valence-electron chi connectivity index (χ3n) is 9.40. The number of thioether (sulfide) groups is 2. The Hall–Kier alpha value is -5.80. The summed E-state index contributed by atoms with van der Waals surface area (Å²) in [6.45, 7) is 5.43. The highest BCUT2D eigenvalue weighted by Crippen LogP contribution is 2.38. The maximum absolute atomic E-state index is 14.6. The molecule has 0 saturated carbocycles. The topological polar surface area (TPSA) is 278 Å². The van der Waals surface area contributed by atoms with Crippen molar-refractivity contribution in [3.8, 4) is 11.5 Å². The Balaban J connectivity index is 0.000000270. The molecule has 0 aromatic heterocycles. The maximum Gasteiger partial charge on any atom is 0.337 e. The number of carboxylic acids is 1. The number of anilines is 4. The van der Waals surface area contributed by atoms with Gasteiger partial charge in [-0.25, -0.2) is 13.6 Å². The normalized spacial score (nSPS) is 17.7. The summed E-state index contributed by atoms with van der Waals surface area (Å²) in [7, 11) is 4.16. The first-order valence-electron chi connectivity index (χ1n) is 19.3. The van der Waals surface area contributed by atoms with Crippen molar-refractivity contribution < 1.29 is 47.5 Å². The predicted molar refractivity (Wildman–Crippen MR) is 249 cm³/mol. The molecule has 6 rings (SSSR count). The average molecular weight is 915 g/mol. The SMILES string of the molecule is CO.COCCOc1ccc(C(=O)Nc2ccc(F)c([C@]3(C)CCSC(N)=N3)c2)c(N)c1.COCCOc1ccc(C(=O)O)c(N)c1.C[C@@]1(c2cc(N)ccc2F)CCSC(N)=N1. The van der Waals surface area contributed by atoms with Gasteiger partial charge in [-0.3, -0.25) is 14.8 Å². The number of halogens is 2. The largest absolute Gasteiger partial charge is 0.491 e. The highest BCUT2D eigenvalue weighted by Gasteiger charge is 2.33. The molecule has 0 spiro atoms. The van der Waals surface area contributed by atoms with Crippen LogP contribution in [0.3, 0.4) is 0 Å². The molecule has 4 aromatic carbocycles. The number of nitrogens with one attached hydrogen (secondary N) is 1. The number of amidine groups is 2. The van der Waals surface area contributed by atoms with Crippen molar-refractivity contribution in [2.45, 2.75) is 37.8 Å². The molecule has 2 heterocycles. The number of carbonyl (C=O) groups excluding carboxylic acids is 1. The number of aliphatic imine (C=N–C) groups is 2. The number of aromatic carboxylic acids is 1. The Morgan fingerprint density at radius 1 is 0.683 bits per heavy atom. The van der Waals surface area contributed by atoms with E-state index in [-0.39, 0.29) is 22.8 Å². The fourth-order valence-corrected chi connectivity index (χ4v) is 8.03. The van der Waals surface area contributed by atoms with E-state index in [1.165, 1.54) is 53.9 Å². The first kappa shape index (κ1) is 51.5. The molecule has 13 N–H and O–H groups in total. The van der Waals surface area contributed by atoms with Crippen LogP contribution < -0.4 is 43.5 Å². The van der Waals surface area contributed by atoms with E-state index in [0.29, 0.717) is 82.7 Å². The third kappa shape index (κ3) is 15.2. The van der Waals surface area contributed by atoms with Gasteiger partial charge >= 0.3 is 5.97 Å². The molecule has 20 heteroatoms. The Labute approximate surface area is 374 Å². The lowest BCUT2D eigenvalue weighted by atomic mass is 9.89. The van der Waals surface area contributed by atoms with Crippen molar-refractivity contribution in [3.63, 3.8) is 0 Å². The van der Waals surface area contributed by atoms with Gasteiger partial charge in [0.15, 0.2) is 10.3 Å². The summed E-state index contributed by atoms with van der Waals surface area (Å²) < 4.78 is 48.8. The van der Waals surface area contributed by atoms with Gasteiger partial charge in [-0.1, -0.05) is 23.5 Å². The fourth-order valence-electron chi connectivity index (χ4n) is 6.08. The molecule has 0 fully saturated rings. The van der Waals surface area contributed by atoms with Gasteiger partial charge in [-0.05, 0) is 87.4 Å². The quantitative estimate of drug-likeness (QED) is 0.0562. The lowest BCUT2D eigenvalue weighted by Crippen LogP contribution is -2.29. The molecule has 2 atom stereocenters. The lowest BCUT2D eigenvalue weighted by Gasteiger charge is -2.30. The average Bonchev–Trinajstić information content (AvgIpc) is 3.23. The summed E-state index contributed by atoms with van der Waals surface area (Å²) in [5.74, 6) is 0.559. The zero-order valence-electron chi connectivity index (χ0n) is 35.8. The van der Waals surface area contributed by atoms with Crippen LogP contribution in [0.1, 0.15) is 58.5 Å². The third-order valence-corrected chi connectivity index (χ3v) is 11.0. The van der Waals surface area contributed by atoms with Crippen LogP contribution in [0.2, 0.25) is 0 Å². The standard InChI is InChI=1S/C21H25FN4O3S.C11H14FN3S.C10H13NO4.CH4O/c1-21(7-10-30-20(24)26-21)16-11-13(3-6-17(16)22)25-19(27)15-5-4-14(12-18(15)23)29-9-8-28-2;1-11(4-5-16-10(14)15-11)8-6-7(13)2-3-9(8)12;1-14-4-5-15-7-2-3-8(10(12)13)9(11)6-7;1-2/h3-6,11-12H,7-10,23H2,1-2H3,(H2,24,26)(H,25,27);2-3,6H,4-5,13H2,1H3,(H2,14,15);2-3,6H,4-5,11H2,1H3,(H,12,13);2H,1H3/t21-;11-;;/m00../s1. The summed E-state index contributed by atoms with van der Waals surface area (Å²) in [5.41, 5.74) is 30.2. The zero-order valence-corrected chi connectivity index (χ0v) is 37.4. The molecule has 63 heavy (non-hydrogen) atoms. The highest BCUT2D eigenvalue weighted by molar-refractivity contribution is 8.14. The number of carboxylic acid groups (broad SMARTS) is 1. The molecule has 4 aromatic rings. The second kappa shape index (κ2) is 24.7. The van der Waals surface area contributed by atoms with Crippen molar-refractivity contribution in [2.75, 3.05) is 81.8 Å².